The molecule has 1 aromatic carbocycles. The fraction of sp³-hybridized carbons (Fsp3) is 0.154. The van der Waals surface area contributed by atoms with Gasteiger partial charge in [0.05, 0.1) is 4.88 Å². The summed E-state index contributed by atoms with van der Waals surface area (Å²) in [4.78, 5) is 5.36. The number of rotatable bonds is 5. The van der Waals surface area contributed by atoms with Crippen LogP contribution in [0.25, 0.3) is 9.88 Å². The lowest BCUT2D eigenvalue weighted by Gasteiger charge is -2.02. The molecule has 0 aliphatic carbocycles. The van der Waals surface area contributed by atoms with Crippen LogP contribution in [0.1, 0.15) is 5.01 Å². The van der Waals surface area contributed by atoms with Crippen molar-refractivity contribution in [3.8, 4) is 15.6 Å². The normalized spacial score (nSPS) is 10.4. The van der Waals surface area contributed by atoms with Crippen molar-refractivity contribution in [2.45, 2.75) is 6.61 Å². The van der Waals surface area contributed by atoms with Crippen molar-refractivity contribution in [3.63, 3.8) is 0 Å². The molecule has 0 saturated heterocycles. The van der Waals surface area contributed by atoms with E-state index in [1.165, 1.54) is 11.3 Å². The summed E-state index contributed by atoms with van der Waals surface area (Å²) in [5, 5.41) is 13.7. The molecule has 0 atom stereocenters. The van der Waals surface area contributed by atoms with Gasteiger partial charge < -0.3 is 10.1 Å². The zero-order chi connectivity index (χ0) is 13.8. The van der Waals surface area contributed by atoms with Gasteiger partial charge in [0.1, 0.15) is 17.4 Å². The molecule has 5 nitrogen and oxygen atoms in total. The minimum absolute atomic E-state index is 0.465. The Labute approximate surface area is 124 Å². The van der Waals surface area contributed by atoms with Gasteiger partial charge >= 0.3 is 0 Å². The summed E-state index contributed by atoms with van der Waals surface area (Å²) in [5.74, 6) is 0.845. The lowest BCUT2D eigenvalue weighted by Crippen LogP contribution is -1.93. The number of hydrogen-bond acceptors (Lipinski definition) is 7. The Hall–Kier alpha value is -1.99. The predicted octanol–water partition coefficient (Wildman–Crippen LogP) is 3.28. The fourth-order valence-corrected chi connectivity index (χ4v) is 3.12. The molecule has 3 aromatic rings. The van der Waals surface area contributed by atoms with Gasteiger partial charge in [-0.15, -0.1) is 21.5 Å². The number of ether oxygens (including phenoxy) is 1. The van der Waals surface area contributed by atoms with Gasteiger partial charge in [0.2, 0.25) is 5.13 Å². The minimum Gasteiger partial charge on any atom is -0.486 e. The maximum atomic E-state index is 5.67. The van der Waals surface area contributed by atoms with Crippen LogP contribution in [0.2, 0.25) is 0 Å². The number of nitrogens with one attached hydrogen (secondary N) is 1. The quantitative estimate of drug-likeness (QED) is 0.784. The first-order chi connectivity index (χ1) is 9.85. The van der Waals surface area contributed by atoms with Crippen LogP contribution in [0.15, 0.2) is 36.5 Å². The average molecular weight is 304 g/mol. The Balaban J connectivity index is 1.67. The fourth-order valence-electron chi connectivity index (χ4n) is 1.56. The van der Waals surface area contributed by atoms with Crippen LogP contribution < -0.4 is 10.1 Å². The molecule has 0 aliphatic heterocycles. The van der Waals surface area contributed by atoms with E-state index in [1.54, 1.807) is 11.3 Å². The van der Waals surface area contributed by atoms with Crippen LogP contribution in [-0.2, 0) is 6.61 Å². The van der Waals surface area contributed by atoms with Gasteiger partial charge in [0.25, 0.3) is 0 Å². The van der Waals surface area contributed by atoms with Crippen molar-refractivity contribution in [3.05, 3.63) is 41.5 Å². The van der Waals surface area contributed by atoms with E-state index in [4.69, 9.17) is 4.74 Å². The van der Waals surface area contributed by atoms with Gasteiger partial charge in [-0.25, -0.2) is 4.98 Å². The van der Waals surface area contributed by atoms with Gasteiger partial charge in [-0.1, -0.05) is 29.5 Å². The second-order valence-corrected chi connectivity index (χ2v) is 5.98. The van der Waals surface area contributed by atoms with Crippen molar-refractivity contribution >= 4 is 27.8 Å². The Morgan fingerprint density at radius 3 is 2.75 bits per heavy atom. The first-order valence-corrected chi connectivity index (χ1v) is 7.62. The summed E-state index contributed by atoms with van der Waals surface area (Å²) < 4.78 is 5.67. The highest BCUT2D eigenvalue weighted by Crippen LogP contribution is 2.30. The van der Waals surface area contributed by atoms with E-state index in [-0.39, 0.29) is 0 Å². The highest BCUT2D eigenvalue weighted by Gasteiger charge is 2.10. The number of anilines is 1. The smallest absolute Gasteiger partial charge is 0.205 e. The van der Waals surface area contributed by atoms with Crippen molar-refractivity contribution in [2.24, 2.45) is 0 Å². The largest absolute Gasteiger partial charge is 0.486 e. The van der Waals surface area contributed by atoms with Gasteiger partial charge in [0.15, 0.2) is 5.01 Å². The van der Waals surface area contributed by atoms with Crippen LogP contribution in [0, 0.1) is 0 Å². The number of nitrogens with zero attached hydrogens (tertiary/aromatic N) is 3. The van der Waals surface area contributed by atoms with Gasteiger partial charge in [-0.3, -0.25) is 0 Å². The lowest BCUT2D eigenvalue weighted by atomic mass is 10.3. The predicted molar refractivity (Wildman–Crippen MR) is 81.3 cm³/mol. The van der Waals surface area contributed by atoms with Gasteiger partial charge in [0, 0.05) is 13.2 Å². The Morgan fingerprint density at radius 2 is 2.00 bits per heavy atom. The minimum atomic E-state index is 0.465. The van der Waals surface area contributed by atoms with E-state index in [1.807, 2.05) is 43.6 Å². The third-order valence-electron chi connectivity index (χ3n) is 2.51. The molecule has 0 spiro atoms. The molecule has 0 saturated carbocycles. The van der Waals surface area contributed by atoms with Crippen LogP contribution in [0.3, 0.4) is 0 Å². The average Bonchev–Trinajstić information content (AvgIpc) is 3.15. The first-order valence-electron chi connectivity index (χ1n) is 5.99. The van der Waals surface area contributed by atoms with Crippen molar-refractivity contribution in [1.29, 1.82) is 0 Å². The Morgan fingerprint density at radius 1 is 1.15 bits per heavy atom. The van der Waals surface area contributed by atoms with Gasteiger partial charge in [-0.2, -0.15) is 0 Å². The molecule has 7 heteroatoms. The van der Waals surface area contributed by atoms with Crippen molar-refractivity contribution in [2.75, 3.05) is 12.4 Å². The summed E-state index contributed by atoms with van der Waals surface area (Å²) in [6.07, 6.45) is 1.81. The van der Waals surface area contributed by atoms with E-state index in [9.17, 15) is 0 Å². The zero-order valence-electron chi connectivity index (χ0n) is 10.7. The molecular weight excluding hydrogens is 292 g/mol. The highest BCUT2D eigenvalue weighted by molar-refractivity contribution is 7.23. The van der Waals surface area contributed by atoms with E-state index >= 15 is 0 Å². The Kier molecular flexibility index (Phi) is 3.89. The molecule has 0 unspecified atom stereocenters. The lowest BCUT2D eigenvalue weighted by molar-refractivity contribution is 0.305. The summed E-state index contributed by atoms with van der Waals surface area (Å²) >= 11 is 3.08. The monoisotopic (exact) mass is 304 g/mol. The first kappa shape index (κ1) is 13.0. The van der Waals surface area contributed by atoms with E-state index in [0.29, 0.717) is 6.61 Å². The molecule has 1 N–H and O–H groups in total. The van der Waals surface area contributed by atoms with Crippen LogP contribution in [0.5, 0.6) is 5.75 Å². The molecule has 0 fully saturated rings. The number of thiazole rings is 1. The van der Waals surface area contributed by atoms with E-state index in [0.717, 1.165) is 25.8 Å². The molecule has 102 valence electrons. The number of benzene rings is 1. The van der Waals surface area contributed by atoms with Crippen LogP contribution in [0.4, 0.5) is 5.13 Å². The van der Waals surface area contributed by atoms with Crippen LogP contribution in [-0.4, -0.2) is 22.2 Å². The maximum Gasteiger partial charge on any atom is 0.205 e. The molecule has 0 amide bonds. The third kappa shape index (κ3) is 2.94. The van der Waals surface area contributed by atoms with Crippen LogP contribution >= 0.6 is 22.7 Å². The number of para-hydroxylation sites is 1. The third-order valence-corrected chi connectivity index (χ3v) is 4.59. The SMILES string of the molecule is CNc1nnc(-c2cnc(COc3ccccc3)s2)s1. The summed E-state index contributed by atoms with van der Waals surface area (Å²) in [7, 11) is 1.83. The second-order valence-electron chi connectivity index (χ2n) is 3.88. The molecular formula is C13H12N4OS2. The molecule has 20 heavy (non-hydrogen) atoms. The second kappa shape index (κ2) is 5.98. The topological polar surface area (TPSA) is 59.9 Å². The summed E-state index contributed by atoms with van der Waals surface area (Å²) in [5.41, 5.74) is 0. The molecule has 3 rings (SSSR count). The molecule has 0 bridgehead atoms. The van der Waals surface area contributed by atoms with E-state index < -0.39 is 0 Å². The van der Waals surface area contributed by atoms with E-state index in [2.05, 4.69) is 20.5 Å². The molecule has 0 aliphatic rings. The number of aromatic nitrogens is 3. The molecule has 0 radical (unpaired) electrons. The highest BCUT2D eigenvalue weighted by atomic mass is 32.1. The summed E-state index contributed by atoms with van der Waals surface area (Å²) in [6, 6.07) is 9.71. The number of hydrogen-bond donors (Lipinski definition) is 1. The van der Waals surface area contributed by atoms with Crippen molar-refractivity contribution in [1.82, 2.24) is 15.2 Å². The standard InChI is InChI=1S/C13H12N4OS2/c1-14-13-17-16-12(20-13)10-7-15-11(19-10)8-18-9-5-3-2-4-6-9/h2-7H,8H2,1H3,(H,14,17). The van der Waals surface area contributed by atoms with Gasteiger partial charge in [-0.05, 0) is 12.1 Å². The zero-order valence-corrected chi connectivity index (χ0v) is 12.4. The maximum absolute atomic E-state index is 5.67. The molecule has 2 heterocycles. The molecule has 2 aromatic heterocycles. The Bertz CT molecular complexity index is 681. The van der Waals surface area contributed by atoms with Crippen molar-refractivity contribution < 1.29 is 4.74 Å². The summed E-state index contributed by atoms with van der Waals surface area (Å²) in [6.45, 7) is 0.465.